The molecular formula is C37H63N7O8S. The van der Waals surface area contributed by atoms with Gasteiger partial charge in [-0.2, -0.15) is 12.7 Å². The van der Waals surface area contributed by atoms with Crippen LogP contribution in [0.2, 0.25) is 0 Å². The molecule has 0 aromatic heterocycles. The highest BCUT2D eigenvalue weighted by atomic mass is 32.2. The number of likely N-dealkylation sites (tertiary alicyclic amines) is 1. The predicted octanol–water partition coefficient (Wildman–Crippen LogP) is 1.82. The number of hydrogen-bond donors (Lipinski definition) is 5. The summed E-state index contributed by atoms with van der Waals surface area (Å²) < 4.78 is 35.1. The van der Waals surface area contributed by atoms with E-state index in [0.717, 1.165) is 32.1 Å². The molecule has 53 heavy (non-hydrogen) atoms. The normalized spacial score (nSPS) is 26.7. The maximum Gasteiger partial charge on any atom is 0.315 e. The van der Waals surface area contributed by atoms with Crippen LogP contribution in [0.1, 0.15) is 107 Å². The monoisotopic (exact) mass is 765 g/mol. The van der Waals surface area contributed by atoms with Gasteiger partial charge in [0.1, 0.15) is 12.1 Å². The molecule has 0 aromatic carbocycles. The Balaban J connectivity index is 1.33. The second-order valence-electron chi connectivity index (χ2n) is 17.9. The Bertz CT molecular complexity index is 1530. The third kappa shape index (κ3) is 8.11. The predicted molar refractivity (Wildman–Crippen MR) is 198 cm³/mol. The summed E-state index contributed by atoms with van der Waals surface area (Å²) in [7, 11) is -3.79. The number of fused-ring (bicyclic) bond motifs is 1. The first-order valence-electron chi connectivity index (χ1n) is 19.6. The largest absolute Gasteiger partial charge is 0.379 e. The van der Waals surface area contributed by atoms with E-state index in [0.29, 0.717) is 32.6 Å². The number of carbonyl (C=O) groups is 5. The van der Waals surface area contributed by atoms with Crippen molar-refractivity contribution in [2.45, 2.75) is 137 Å². The Morgan fingerprint density at radius 1 is 0.943 bits per heavy atom. The average molecular weight is 766 g/mol. The summed E-state index contributed by atoms with van der Waals surface area (Å²) in [5.41, 5.74) is -1.17. The van der Waals surface area contributed by atoms with Crippen LogP contribution in [-0.4, -0.2) is 117 Å². The minimum Gasteiger partial charge on any atom is -0.379 e. The van der Waals surface area contributed by atoms with Crippen LogP contribution in [0.5, 0.6) is 0 Å². The maximum absolute atomic E-state index is 14.8. The number of nitrogens with zero attached hydrogens (tertiary/aromatic N) is 2. The van der Waals surface area contributed by atoms with Crippen molar-refractivity contribution in [3.8, 4) is 0 Å². The molecule has 5 amide bonds. The fourth-order valence-electron chi connectivity index (χ4n) is 9.21. The molecule has 2 heterocycles. The number of nitrogens with one attached hydrogen (secondary N) is 5. The Morgan fingerprint density at radius 3 is 2.09 bits per heavy atom. The van der Waals surface area contributed by atoms with E-state index in [1.165, 1.54) is 4.31 Å². The Kier molecular flexibility index (Phi) is 12.0. The highest BCUT2D eigenvalue weighted by Gasteiger charge is 2.85. The van der Waals surface area contributed by atoms with Crippen LogP contribution in [-0.2, 0) is 34.1 Å². The van der Waals surface area contributed by atoms with Crippen molar-refractivity contribution in [1.29, 1.82) is 0 Å². The van der Waals surface area contributed by atoms with Gasteiger partial charge in [0.2, 0.25) is 17.6 Å². The third-order valence-electron chi connectivity index (χ3n) is 13.0. The van der Waals surface area contributed by atoms with Gasteiger partial charge in [0.15, 0.2) is 0 Å². The van der Waals surface area contributed by atoms with Gasteiger partial charge in [0, 0.05) is 43.7 Å². The van der Waals surface area contributed by atoms with Crippen LogP contribution in [0.4, 0.5) is 4.79 Å². The van der Waals surface area contributed by atoms with Crippen LogP contribution in [0, 0.1) is 27.6 Å². The lowest BCUT2D eigenvalue weighted by molar-refractivity contribution is -0.144. The summed E-state index contributed by atoms with van der Waals surface area (Å²) in [6.45, 7) is 17.0. The number of morpholine rings is 1. The van der Waals surface area contributed by atoms with E-state index >= 15 is 0 Å². The topological polar surface area (TPSA) is 195 Å². The van der Waals surface area contributed by atoms with Crippen LogP contribution in [0.3, 0.4) is 0 Å². The fraction of sp³-hybridized carbons (Fsp3) is 0.865. The summed E-state index contributed by atoms with van der Waals surface area (Å²) >= 11 is 0. The van der Waals surface area contributed by atoms with Gasteiger partial charge < -0.3 is 30.9 Å². The molecule has 3 saturated carbocycles. The van der Waals surface area contributed by atoms with Crippen molar-refractivity contribution in [3.63, 3.8) is 0 Å². The van der Waals surface area contributed by atoms with E-state index in [4.69, 9.17) is 4.74 Å². The van der Waals surface area contributed by atoms with Crippen LogP contribution >= 0.6 is 0 Å². The number of rotatable bonds is 15. The molecule has 1 unspecified atom stereocenters. The van der Waals surface area contributed by atoms with Gasteiger partial charge in [-0.05, 0) is 60.7 Å². The van der Waals surface area contributed by atoms with Gasteiger partial charge in [-0.25, -0.2) is 9.52 Å². The highest BCUT2D eigenvalue weighted by molar-refractivity contribution is 7.87. The van der Waals surface area contributed by atoms with Gasteiger partial charge in [-0.3, -0.25) is 19.2 Å². The fourth-order valence-corrected chi connectivity index (χ4v) is 10.4. The van der Waals surface area contributed by atoms with Gasteiger partial charge in [-0.1, -0.05) is 68.2 Å². The van der Waals surface area contributed by atoms with E-state index in [1.54, 1.807) is 4.90 Å². The van der Waals surface area contributed by atoms with Crippen LogP contribution in [0.25, 0.3) is 0 Å². The third-order valence-corrected chi connectivity index (χ3v) is 14.6. The molecule has 5 rings (SSSR count). The summed E-state index contributed by atoms with van der Waals surface area (Å²) in [6, 6.07) is -4.17. The molecular weight excluding hydrogens is 703 g/mol. The molecule has 5 fully saturated rings. The van der Waals surface area contributed by atoms with Crippen molar-refractivity contribution >= 4 is 39.7 Å². The van der Waals surface area contributed by atoms with E-state index in [9.17, 15) is 32.4 Å². The zero-order valence-corrected chi connectivity index (χ0v) is 33.7. The summed E-state index contributed by atoms with van der Waals surface area (Å²) in [4.78, 5) is 70.3. The lowest BCUT2D eigenvalue weighted by Gasteiger charge is -2.36. The molecule has 5 atom stereocenters. The van der Waals surface area contributed by atoms with Crippen molar-refractivity contribution in [1.82, 2.24) is 35.2 Å². The zero-order chi connectivity index (χ0) is 39.1. The van der Waals surface area contributed by atoms with Crippen LogP contribution in [0.15, 0.2) is 0 Å². The highest BCUT2D eigenvalue weighted by Crippen LogP contribution is 2.88. The standard InChI is InChI=1S/C37H63N7O8S/c1-9-11-25(28(45)31(47)39-24-12-13-24)40-30(46)27-20-37(35(7,8)36(37)14-10-15-36)22-44(27)32(48)29(34(4,5)6)42-33(49)41-26(23(2)3)21-38-53(50,51)43-16-18-52-19-17-43/h23-27,29,38H,9-22H2,1-8H3,(H,39,47)(H,40,46)(H2,41,42,49)/t25?,26-,27-,29+,37+/m0/s1. The first kappa shape index (κ1) is 41.3. The van der Waals surface area contributed by atoms with E-state index in [-0.39, 0.29) is 54.3 Å². The smallest absolute Gasteiger partial charge is 0.315 e. The van der Waals surface area contributed by atoms with E-state index < -0.39 is 69.3 Å². The van der Waals surface area contributed by atoms with Gasteiger partial charge in [-0.15, -0.1) is 0 Å². The molecule has 16 heteroatoms. The number of carbonyl (C=O) groups excluding carboxylic acids is 5. The van der Waals surface area contributed by atoms with Gasteiger partial charge in [0.05, 0.1) is 19.3 Å². The minimum absolute atomic E-state index is 0.00256. The van der Waals surface area contributed by atoms with Gasteiger partial charge in [0.25, 0.3) is 16.1 Å². The quantitative estimate of drug-likeness (QED) is 0.156. The summed E-state index contributed by atoms with van der Waals surface area (Å²) in [5.74, 6) is -2.40. The SMILES string of the molecule is CCCC(NC(=O)[C@@H]1C[C@@]2(CN1C(=O)[C@@H](NC(=O)N[C@@H](CNS(=O)(=O)N1CCOCC1)C(C)C)C(C)(C)C)C(C)(C)C21CCC1)C(=O)C(=O)NC1CC1. The Labute approximate surface area is 315 Å². The first-order chi connectivity index (χ1) is 24.7. The molecule has 5 aliphatic rings. The van der Waals surface area contributed by atoms with E-state index in [1.807, 2.05) is 41.5 Å². The zero-order valence-electron chi connectivity index (χ0n) is 32.9. The number of ketones is 1. The first-order valence-corrected chi connectivity index (χ1v) is 21.0. The second kappa shape index (κ2) is 15.4. The second-order valence-corrected chi connectivity index (χ2v) is 19.7. The number of hydrogen-bond acceptors (Lipinski definition) is 8. The van der Waals surface area contributed by atoms with Crippen molar-refractivity contribution in [3.05, 3.63) is 0 Å². The average Bonchev–Trinajstić information content (AvgIpc) is 3.89. The summed E-state index contributed by atoms with van der Waals surface area (Å²) in [6.07, 6.45) is 6.07. The number of ether oxygens (including phenoxy) is 1. The van der Waals surface area contributed by atoms with Crippen molar-refractivity contribution in [2.75, 3.05) is 39.4 Å². The number of urea groups is 1. The molecule has 0 bridgehead atoms. The molecule has 0 radical (unpaired) electrons. The molecule has 300 valence electrons. The molecule has 2 spiro atoms. The number of amides is 5. The lowest BCUT2D eigenvalue weighted by atomic mass is 9.73. The Morgan fingerprint density at radius 2 is 1.58 bits per heavy atom. The molecule has 5 N–H and O–H groups in total. The Hall–Kier alpha value is -2.82. The van der Waals surface area contributed by atoms with Gasteiger partial charge >= 0.3 is 6.03 Å². The molecule has 2 aliphatic heterocycles. The molecule has 0 aromatic rings. The maximum atomic E-state index is 14.8. The van der Waals surface area contributed by atoms with E-state index in [2.05, 4.69) is 39.8 Å². The van der Waals surface area contributed by atoms with Crippen molar-refractivity contribution < 1.29 is 37.1 Å². The summed E-state index contributed by atoms with van der Waals surface area (Å²) in [5, 5.41) is 11.4. The molecule has 15 nitrogen and oxygen atoms in total. The van der Waals surface area contributed by atoms with Crippen LogP contribution < -0.4 is 26.0 Å². The lowest BCUT2D eigenvalue weighted by Crippen LogP contribution is -2.61. The van der Waals surface area contributed by atoms with Crippen molar-refractivity contribution in [2.24, 2.45) is 27.6 Å². The molecule has 3 aliphatic carbocycles. The number of Topliss-reactive ketones (excluding diaryl/α,β-unsaturated/α-hetero) is 1. The molecule has 2 saturated heterocycles. The minimum atomic E-state index is -3.79.